The first-order valence-electron chi connectivity index (χ1n) is 6.58. The van der Waals surface area contributed by atoms with Gasteiger partial charge in [0.25, 0.3) is 0 Å². The van der Waals surface area contributed by atoms with Crippen molar-refractivity contribution >= 4 is 11.6 Å². The first-order valence-corrected chi connectivity index (χ1v) is 6.58. The van der Waals surface area contributed by atoms with Crippen LogP contribution in [0.15, 0.2) is 6.33 Å². The Balaban J connectivity index is 2.40. The molecule has 0 amide bonds. The third-order valence-electron chi connectivity index (χ3n) is 3.23. The van der Waals surface area contributed by atoms with E-state index < -0.39 is 0 Å². The van der Waals surface area contributed by atoms with Crippen LogP contribution in [-0.4, -0.2) is 48.9 Å². The molecule has 2 heterocycles. The van der Waals surface area contributed by atoms with Crippen molar-refractivity contribution in [2.45, 2.75) is 26.3 Å². The average Bonchev–Trinajstić information content (AvgIpc) is 2.38. The Morgan fingerprint density at radius 2 is 2.26 bits per heavy atom. The summed E-state index contributed by atoms with van der Waals surface area (Å²) in [7, 11) is 1.65. The van der Waals surface area contributed by atoms with Crippen molar-refractivity contribution in [3.8, 4) is 5.75 Å². The quantitative estimate of drug-likeness (QED) is 0.892. The van der Waals surface area contributed by atoms with Crippen molar-refractivity contribution in [2.75, 3.05) is 43.6 Å². The number of hydrogen-bond donors (Lipinski definition) is 1. The molecule has 0 unspecified atom stereocenters. The molecule has 6 heteroatoms. The minimum Gasteiger partial charge on any atom is -0.490 e. The van der Waals surface area contributed by atoms with Crippen LogP contribution in [0.4, 0.5) is 11.6 Å². The molecule has 0 spiro atoms. The zero-order valence-corrected chi connectivity index (χ0v) is 12.1. The van der Waals surface area contributed by atoms with Gasteiger partial charge >= 0.3 is 0 Å². The fraction of sp³-hybridized carbons (Fsp3) is 0.692. The zero-order valence-electron chi connectivity index (χ0n) is 12.1. The van der Waals surface area contributed by atoms with Crippen LogP contribution >= 0.6 is 0 Å². The van der Waals surface area contributed by atoms with Crippen LogP contribution in [-0.2, 0) is 4.74 Å². The fourth-order valence-electron chi connectivity index (χ4n) is 2.29. The van der Waals surface area contributed by atoms with E-state index in [1.807, 2.05) is 6.92 Å². The van der Waals surface area contributed by atoms with Gasteiger partial charge in [-0.1, -0.05) is 0 Å². The van der Waals surface area contributed by atoms with E-state index in [9.17, 15) is 0 Å². The molecule has 0 aromatic carbocycles. The van der Waals surface area contributed by atoms with Crippen molar-refractivity contribution in [2.24, 2.45) is 0 Å². The molecular formula is C13H22N4O2. The number of ether oxygens (including phenoxy) is 2. The van der Waals surface area contributed by atoms with Gasteiger partial charge in [-0.3, -0.25) is 0 Å². The van der Waals surface area contributed by atoms with E-state index in [2.05, 4.69) is 34.0 Å². The maximum absolute atomic E-state index is 5.55. The molecule has 1 aliphatic rings. The van der Waals surface area contributed by atoms with Crippen LogP contribution in [0.5, 0.6) is 5.75 Å². The Morgan fingerprint density at radius 1 is 1.47 bits per heavy atom. The largest absolute Gasteiger partial charge is 0.490 e. The molecule has 1 aromatic heterocycles. The van der Waals surface area contributed by atoms with E-state index in [0.29, 0.717) is 19.0 Å². The first-order chi connectivity index (χ1) is 9.10. The normalized spacial score (nSPS) is 18.2. The summed E-state index contributed by atoms with van der Waals surface area (Å²) < 4.78 is 11.1. The Bertz CT molecular complexity index is 437. The Hall–Kier alpha value is -1.56. The highest BCUT2D eigenvalue weighted by molar-refractivity contribution is 5.65. The molecule has 2 rings (SSSR count). The van der Waals surface area contributed by atoms with Crippen LogP contribution in [0.2, 0.25) is 0 Å². The maximum atomic E-state index is 5.55. The van der Waals surface area contributed by atoms with Crippen molar-refractivity contribution in [1.82, 2.24) is 9.97 Å². The van der Waals surface area contributed by atoms with E-state index in [1.54, 1.807) is 13.4 Å². The first kappa shape index (κ1) is 13.9. The molecule has 6 nitrogen and oxygen atoms in total. The summed E-state index contributed by atoms with van der Waals surface area (Å²) in [5.74, 6) is 2.25. The molecule has 0 atom stereocenters. The standard InChI is InChI=1S/C13H22N4O2/c1-5-14-11-10(18-4)12(16-9-15-11)17-6-7-19-8-13(17,2)3/h9H,5-8H2,1-4H3,(H,14,15,16). The van der Waals surface area contributed by atoms with E-state index in [0.717, 1.165) is 24.7 Å². The van der Waals surface area contributed by atoms with Crippen molar-refractivity contribution in [3.63, 3.8) is 0 Å². The third-order valence-corrected chi connectivity index (χ3v) is 3.23. The SMILES string of the molecule is CCNc1ncnc(N2CCOCC2(C)C)c1OC. The predicted molar refractivity (Wildman–Crippen MR) is 75.0 cm³/mol. The molecule has 0 saturated carbocycles. The topological polar surface area (TPSA) is 59.5 Å². The number of anilines is 2. The van der Waals surface area contributed by atoms with Crippen molar-refractivity contribution in [3.05, 3.63) is 6.33 Å². The lowest BCUT2D eigenvalue weighted by molar-refractivity contribution is 0.0636. The number of morpholine rings is 1. The summed E-state index contributed by atoms with van der Waals surface area (Å²) in [6.45, 7) is 9.27. The third kappa shape index (κ3) is 2.73. The van der Waals surface area contributed by atoms with E-state index in [1.165, 1.54) is 0 Å². The van der Waals surface area contributed by atoms with Crippen molar-refractivity contribution < 1.29 is 9.47 Å². The van der Waals surface area contributed by atoms with Gasteiger partial charge in [-0.15, -0.1) is 0 Å². The average molecular weight is 266 g/mol. The maximum Gasteiger partial charge on any atom is 0.204 e. The van der Waals surface area contributed by atoms with Crippen LogP contribution in [0.1, 0.15) is 20.8 Å². The lowest BCUT2D eigenvalue weighted by Crippen LogP contribution is -2.53. The molecule has 1 fully saturated rings. The van der Waals surface area contributed by atoms with Crippen LogP contribution in [0.3, 0.4) is 0 Å². The molecule has 1 aliphatic heterocycles. The van der Waals surface area contributed by atoms with E-state index >= 15 is 0 Å². The zero-order chi connectivity index (χ0) is 13.9. The number of nitrogens with one attached hydrogen (secondary N) is 1. The summed E-state index contributed by atoms with van der Waals surface area (Å²) in [4.78, 5) is 10.9. The van der Waals surface area contributed by atoms with Crippen LogP contribution in [0, 0.1) is 0 Å². The molecule has 1 N–H and O–H groups in total. The van der Waals surface area contributed by atoms with Gasteiger partial charge in [-0.2, -0.15) is 0 Å². The van der Waals surface area contributed by atoms with E-state index in [4.69, 9.17) is 9.47 Å². The van der Waals surface area contributed by atoms with Gasteiger partial charge in [0.1, 0.15) is 6.33 Å². The molecule has 0 radical (unpaired) electrons. The van der Waals surface area contributed by atoms with Gasteiger partial charge in [0.05, 0.1) is 25.9 Å². The van der Waals surface area contributed by atoms with Gasteiger partial charge in [-0.25, -0.2) is 9.97 Å². The minimum atomic E-state index is -0.108. The van der Waals surface area contributed by atoms with Gasteiger partial charge in [0.15, 0.2) is 11.6 Å². The van der Waals surface area contributed by atoms with Crippen LogP contribution < -0.4 is 15.0 Å². The highest BCUT2D eigenvalue weighted by Gasteiger charge is 2.34. The molecule has 1 saturated heterocycles. The Morgan fingerprint density at radius 3 is 2.89 bits per heavy atom. The molecule has 19 heavy (non-hydrogen) atoms. The smallest absolute Gasteiger partial charge is 0.204 e. The summed E-state index contributed by atoms with van der Waals surface area (Å²) in [6.07, 6.45) is 1.57. The number of hydrogen-bond acceptors (Lipinski definition) is 6. The molecule has 1 aromatic rings. The van der Waals surface area contributed by atoms with Gasteiger partial charge < -0.3 is 19.7 Å². The van der Waals surface area contributed by atoms with Gasteiger partial charge in [-0.05, 0) is 20.8 Å². The lowest BCUT2D eigenvalue weighted by atomic mass is 10.0. The van der Waals surface area contributed by atoms with Crippen LogP contribution in [0.25, 0.3) is 0 Å². The minimum absolute atomic E-state index is 0.108. The van der Waals surface area contributed by atoms with E-state index in [-0.39, 0.29) is 5.54 Å². The monoisotopic (exact) mass is 266 g/mol. The highest BCUT2D eigenvalue weighted by atomic mass is 16.5. The molecule has 0 bridgehead atoms. The van der Waals surface area contributed by atoms with Gasteiger partial charge in [0, 0.05) is 13.1 Å². The second kappa shape index (κ2) is 5.61. The number of rotatable bonds is 4. The number of methoxy groups -OCH3 is 1. The van der Waals surface area contributed by atoms with Gasteiger partial charge in [0.2, 0.25) is 5.75 Å². The summed E-state index contributed by atoms with van der Waals surface area (Å²) in [5.41, 5.74) is -0.108. The highest BCUT2D eigenvalue weighted by Crippen LogP contribution is 2.36. The van der Waals surface area contributed by atoms with Crippen molar-refractivity contribution in [1.29, 1.82) is 0 Å². The Labute approximate surface area is 114 Å². The fourth-order valence-corrected chi connectivity index (χ4v) is 2.29. The predicted octanol–water partition coefficient (Wildman–Crippen LogP) is 1.53. The summed E-state index contributed by atoms with van der Waals surface area (Å²) in [6, 6.07) is 0. The number of aromatic nitrogens is 2. The molecule has 0 aliphatic carbocycles. The molecular weight excluding hydrogens is 244 g/mol. The lowest BCUT2D eigenvalue weighted by Gasteiger charge is -2.43. The summed E-state index contributed by atoms with van der Waals surface area (Å²) >= 11 is 0. The Kier molecular flexibility index (Phi) is 4.09. The molecule has 106 valence electrons. The summed E-state index contributed by atoms with van der Waals surface area (Å²) in [5, 5.41) is 3.20. The second-order valence-corrected chi connectivity index (χ2v) is 5.13. The second-order valence-electron chi connectivity index (χ2n) is 5.13. The number of nitrogens with zero attached hydrogens (tertiary/aromatic N) is 3.